The van der Waals surface area contributed by atoms with Crippen LogP contribution in [0.15, 0.2) is 38.7 Å². The number of carbonyl (C=O) groups excluding carboxylic acids is 1. The summed E-state index contributed by atoms with van der Waals surface area (Å²) in [6, 6.07) is 0. The van der Waals surface area contributed by atoms with Crippen LogP contribution in [-0.2, 0) is 19.4 Å². The van der Waals surface area contributed by atoms with Gasteiger partial charge in [0.15, 0.2) is 5.76 Å². The number of methoxy groups -OCH3 is 1. The number of ketones is 1. The molecule has 1 aliphatic rings. The number of sulfone groups is 1. The maximum Gasteiger partial charge on any atom is 0.283 e. The average Bonchev–Trinajstić information content (AvgIpc) is 2.97. The van der Waals surface area contributed by atoms with E-state index in [9.17, 15) is 18.0 Å². The molecule has 0 saturated heterocycles. The van der Waals surface area contributed by atoms with Crippen LogP contribution >= 0.6 is 11.3 Å². The van der Waals surface area contributed by atoms with Crippen molar-refractivity contribution in [1.82, 2.24) is 14.6 Å². The predicted octanol–water partition coefficient (Wildman–Crippen LogP) is 0.189. The summed E-state index contributed by atoms with van der Waals surface area (Å²) in [5.41, 5.74) is 5.87. The molecule has 11 heteroatoms. The fourth-order valence-corrected chi connectivity index (χ4v) is 3.78. The van der Waals surface area contributed by atoms with Gasteiger partial charge in [0.2, 0.25) is 24.9 Å². The summed E-state index contributed by atoms with van der Waals surface area (Å²) in [6.07, 6.45) is 6.69. The van der Waals surface area contributed by atoms with Gasteiger partial charge in [0, 0.05) is 6.26 Å². The average molecular weight is 380 g/mol. The standard InChI is InChI=1S/C14H12N4O5S2/c1-23-10-6-7(3-4-9(10)19)5-8-11(15)18-13(16-12(8)20)24-14(17-18)25(2,21)22/h3-6H,15H2,1-2H3. The Morgan fingerprint density at radius 2 is 2.04 bits per heavy atom. The van der Waals surface area contributed by atoms with Gasteiger partial charge in [-0.05, 0) is 23.8 Å². The number of anilines is 1. The predicted molar refractivity (Wildman–Crippen MR) is 91.9 cm³/mol. The first kappa shape index (κ1) is 17.0. The molecule has 3 rings (SSSR count). The number of rotatable bonds is 3. The van der Waals surface area contributed by atoms with Crippen molar-refractivity contribution >= 4 is 43.8 Å². The normalized spacial score (nSPS) is 16.5. The van der Waals surface area contributed by atoms with Crippen LogP contribution in [0.1, 0.15) is 5.56 Å². The Kier molecular flexibility index (Phi) is 4.05. The van der Waals surface area contributed by atoms with Gasteiger partial charge in [-0.1, -0.05) is 17.4 Å². The number of hydrogen-bond acceptors (Lipinski definition) is 9. The van der Waals surface area contributed by atoms with Crippen molar-refractivity contribution in [3.8, 4) is 0 Å². The number of nitrogen functional groups attached to an aromatic ring is 1. The highest BCUT2D eigenvalue weighted by molar-refractivity contribution is 7.92. The molecule has 0 unspecified atom stereocenters. The first-order valence-corrected chi connectivity index (χ1v) is 9.50. The van der Waals surface area contributed by atoms with Crippen LogP contribution in [0.4, 0.5) is 5.82 Å². The van der Waals surface area contributed by atoms with Gasteiger partial charge >= 0.3 is 0 Å². The van der Waals surface area contributed by atoms with Crippen molar-refractivity contribution in [3.63, 3.8) is 0 Å². The maximum absolute atomic E-state index is 12.2. The van der Waals surface area contributed by atoms with Gasteiger partial charge in [-0.25, -0.2) is 8.42 Å². The van der Waals surface area contributed by atoms with Crippen LogP contribution in [0.3, 0.4) is 0 Å². The lowest BCUT2D eigenvalue weighted by atomic mass is 10.0. The third-order valence-electron chi connectivity index (χ3n) is 3.29. The highest BCUT2D eigenvalue weighted by Crippen LogP contribution is 2.22. The van der Waals surface area contributed by atoms with E-state index in [1.54, 1.807) is 0 Å². The zero-order valence-corrected chi connectivity index (χ0v) is 14.7. The third-order valence-corrected chi connectivity index (χ3v) is 5.87. The van der Waals surface area contributed by atoms with Crippen LogP contribution in [0.2, 0.25) is 0 Å². The van der Waals surface area contributed by atoms with E-state index in [2.05, 4.69) is 10.1 Å². The van der Waals surface area contributed by atoms with Crippen LogP contribution in [0, 0.1) is 0 Å². The van der Waals surface area contributed by atoms with Crippen LogP contribution in [0.25, 0.3) is 11.0 Å². The molecule has 0 bridgehead atoms. The molecule has 2 N–H and O–H groups in total. The molecule has 0 atom stereocenters. The molecule has 2 aromatic rings. The Hall–Kier alpha value is -2.79. The fourth-order valence-electron chi connectivity index (χ4n) is 2.09. The summed E-state index contributed by atoms with van der Waals surface area (Å²) >= 11 is 0.753. The number of nitrogens with zero attached hydrogens (tertiary/aromatic N) is 3. The lowest BCUT2D eigenvalue weighted by Crippen LogP contribution is -2.17. The van der Waals surface area contributed by atoms with Gasteiger partial charge < -0.3 is 10.5 Å². The zero-order valence-electron chi connectivity index (χ0n) is 13.1. The van der Waals surface area contributed by atoms with Gasteiger partial charge in [0.25, 0.3) is 5.56 Å². The minimum Gasteiger partial charge on any atom is -0.493 e. The first-order valence-electron chi connectivity index (χ1n) is 6.80. The quantitative estimate of drug-likeness (QED) is 0.797. The Balaban J connectivity index is 2.19. The molecule has 0 spiro atoms. The lowest BCUT2D eigenvalue weighted by Gasteiger charge is -2.08. The maximum atomic E-state index is 12.2. The topological polar surface area (TPSA) is 134 Å². The number of allylic oxidation sites excluding steroid dienone is 4. The molecule has 0 saturated carbocycles. The molecular weight excluding hydrogens is 368 g/mol. The van der Waals surface area contributed by atoms with Crippen LogP contribution in [-0.4, -0.2) is 42.2 Å². The molecule has 9 nitrogen and oxygen atoms in total. The van der Waals surface area contributed by atoms with Crippen LogP contribution in [0.5, 0.6) is 0 Å². The minimum atomic E-state index is -3.55. The van der Waals surface area contributed by atoms with E-state index in [1.165, 1.54) is 31.4 Å². The second-order valence-corrected chi connectivity index (χ2v) is 8.25. The van der Waals surface area contributed by atoms with Crippen LogP contribution < -0.4 is 11.3 Å². The summed E-state index contributed by atoms with van der Waals surface area (Å²) in [7, 11) is -2.19. The van der Waals surface area contributed by atoms with Gasteiger partial charge in [-0.15, -0.1) is 5.10 Å². The van der Waals surface area contributed by atoms with Gasteiger partial charge in [-0.2, -0.15) is 9.50 Å². The second-order valence-electron chi connectivity index (χ2n) is 5.11. The molecule has 0 fully saturated rings. The summed E-state index contributed by atoms with van der Waals surface area (Å²) in [6.45, 7) is 0. The Labute approximate surface area is 145 Å². The number of nitrogens with two attached hydrogens (primary N) is 1. The summed E-state index contributed by atoms with van der Waals surface area (Å²) in [5, 5.41) is 3.90. The molecule has 25 heavy (non-hydrogen) atoms. The number of carbonyl (C=O) groups is 1. The second kappa shape index (κ2) is 5.93. The van der Waals surface area contributed by atoms with E-state index in [-0.39, 0.29) is 32.2 Å². The van der Waals surface area contributed by atoms with Crippen molar-refractivity contribution < 1.29 is 17.9 Å². The first-order chi connectivity index (χ1) is 11.7. The Morgan fingerprint density at radius 1 is 1.32 bits per heavy atom. The van der Waals surface area contributed by atoms with Gasteiger partial charge in [0.05, 0.1) is 12.7 Å². The van der Waals surface area contributed by atoms with E-state index < -0.39 is 15.4 Å². The van der Waals surface area contributed by atoms with Gasteiger partial charge in [0.1, 0.15) is 5.82 Å². The van der Waals surface area contributed by atoms with E-state index >= 15 is 0 Å². The number of fused-ring (bicyclic) bond motifs is 1. The van der Waals surface area contributed by atoms with Crippen molar-refractivity contribution in [2.24, 2.45) is 0 Å². The highest BCUT2D eigenvalue weighted by Gasteiger charge is 2.19. The lowest BCUT2D eigenvalue weighted by molar-refractivity contribution is -0.114. The van der Waals surface area contributed by atoms with Crippen molar-refractivity contribution in [1.29, 1.82) is 0 Å². The fraction of sp³-hybridized carbons (Fsp3) is 0.143. The number of aromatic nitrogens is 3. The van der Waals surface area contributed by atoms with Crippen molar-refractivity contribution in [3.05, 3.63) is 45.5 Å². The summed E-state index contributed by atoms with van der Waals surface area (Å²) < 4.78 is 29.1. The molecule has 1 aliphatic carbocycles. The molecule has 0 amide bonds. The summed E-state index contributed by atoms with van der Waals surface area (Å²) in [4.78, 5) is 27.7. The Morgan fingerprint density at radius 3 is 2.68 bits per heavy atom. The van der Waals surface area contributed by atoms with E-state index in [1.807, 2.05) is 0 Å². The molecule has 0 aliphatic heterocycles. The zero-order chi connectivity index (χ0) is 18.4. The smallest absolute Gasteiger partial charge is 0.283 e. The summed E-state index contributed by atoms with van der Waals surface area (Å²) in [5.74, 6) is -0.226. The number of hydrogen-bond donors (Lipinski definition) is 1. The SMILES string of the molecule is COC1=CC(=Cc2c(N)n3nc(S(C)(=O)=O)sc3nc2=O)C=CC1=O. The molecule has 0 aromatic carbocycles. The molecule has 2 aromatic heterocycles. The van der Waals surface area contributed by atoms with Crippen molar-refractivity contribution in [2.75, 3.05) is 19.1 Å². The van der Waals surface area contributed by atoms with E-state index in [0.29, 0.717) is 5.57 Å². The number of ether oxygens (including phenoxy) is 1. The third kappa shape index (κ3) is 3.10. The molecular formula is C14H12N4O5S2. The molecule has 2 heterocycles. The largest absolute Gasteiger partial charge is 0.493 e. The Bertz CT molecular complexity index is 1150. The van der Waals surface area contributed by atoms with Gasteiger partial charge in [-0.3, -0.25) is 9.59 Å². The molecule has 0 radical (unpaired) electrons. The van der Waals surface area contributed by atoms with E-state index in [0.717, 1.165) is 22.1 Å². The highest BCUT2D eigenvalue weighted by atomic mass is 32.2. The molecule has 130 valence electrons. The minimum absolute atomic E-state index is 0.0311. The monoisotopic (exact) mass is 380 g/mol. The van der Waals surface area contributed by atoms with E-state index in [4.69, 9.17) is 10.5 Å². The van der Waals surface area contributed by atoms with Crippen molar-refractivity contribution in [2.45, 2.75) is 4.34 Å².